The molecule has 0 aromatic carbocycles. The highest BCUT2D eigenvalue weighted by Crippen LogP contribution is 2.30. The molecule has 0 aromatic heterocycles. The third-order valence-electron chi connectivity index (χ3n) is 0.945. The van der Waals surface area contributed by atoms with Gasteiger partial charge >= 0.3 is 0 Å². The van der Waals surface area contributed by atoms with E-state index in [-0.39, 0.29) is 0 Å². The molecule has 0 nitrogen and oxygen atoms in total. The quantitative estimate of drug-likeness (QED) is 0.329. The van der Waals surface area contributed by atoms with Crippen LogP contribution in [-0.2, 0) is 14.1 Å². The molecule has 0 spiro atoms. The molecule has 0 aliphatic rings. The first kappa shape index (κ1) is 10.8. The van der Waals surface area contributed by atoms with E-state index in [2.05, 4.69) is 61.5 Å². The third kappa shape index (κ3) is 5.09. The van der Waals surface area contributed by atoms with Crippen molar-refractivity contribution in [3.8, 4) is 0 Å². The molecule has 0 amide bonds. The van der Waals surface area contributed by atoms with Crippen LogP contribution >= 0.6 is 42.4 Å². The van der Waals surface area contributed by atoms with Crippen molar-refractivity contribution >= 4 is 56.5 Å². The van der Waals surface area contributed by atoms with E-state index in [0.29, 0.717) is 5.25 Å². The Kier molecular flexibility index (Phi) is 5.51. The molecule has 56 valence electrons. The highest BCUT2D eigenvalue weighted by molar-refractivity contribution is 14.3. The molecular weight excluding hydrogens is 378 g/mol. The van der Waals surface area contributed by atoms with Crippen molar-refractivity contribution < 1.29 is 0 Å². The second-order valence-corrected chi connectivity index (χ2v) is 23.9. The second kappa shape index (κ2) is 4.61. The van der Waals surface area contributed by atoms with Gasteiger partial charge in [-0.05, 0) is 56.3 Å². The molecule has 0 aliphatic heterocycles. The molecular formula is C5H10I2S2. The molecule has 0 bridgehead atoms. The minimum Gasteiger partial charge on any atom is -0.105 e. The SMILES string of the molecule is C/C=C\[C@H](C)[SH](=S)(I)I. The van der Waals surface area contributed by atoms with Crippen LogP contribution in [0.2, 0.25) is 0 Å². The van der Waals surface area contributed by atoms with Crippen molar-refractivity contribution in [1.82, 2.24) is 0 Å². The van der Waals surface area contributed by atoms with Crippen LogP contribution in [0.5, 0.6) is 0 Å². The van der Waals surface area contributed by atoms with E-state index >= 15 is 0 Å². The highest BCUT2D eigenvalue weighted by atomic mass is 127. The van der Waals surface area contributed by atoms with Crippen molar-refractivity contribution in [2.24, 2.45) is 0 Å². The van der Waals surface area contributed by atoms with E-state index in [1.165, 1.54) is 0 Å². The summed E-state index contributed by atoms with van der Waals surface area (Å²) in [6.45, 7) is 4.22. The maximum absolute atomic E-state index is 5.31. The van der Waals surface area contributed by atoms with Crippen LogP contribution in [0.15, 0.2) is 12.2 Å². The second-order valence-electron chi connectivity index (χ2n) is 1.77. The van der Waals surface area contributed by atoms with Gasteiger partial charge in [0.1, 0.15) is 0 Å². The first-order valence-corrected chi connectivity index (χ1v) is 11.0. The predicted octanol–water partition coefficient (Wildman–Crippen LogP) is 3.00. The summed E-state index contributed by atoms with van der Waals surface area (Å²) in [6, 6.07) is 0. The summed E-state index contributed by atoms with van der Waals surface area (Å²) in [6.07, 6.45) is 4.25. The van der Waals surface area contributed by atoms with Crippen LogP contribution in [-0.4, -0.2) is 5.25 Å². The molecule has 0 saturated carbocycles. The molecule has 0 rings (SSSR count). The Labute approximate surface area is 86.6 Å². The fourth-order valence-corrected chi connectivity index (χ4v) is 2.08. The molecule has 0 saturated heterocycles. The first-order chi connectivity index (χ1) is 3.98. The van der Waals surface area contributed by atoms with Crippen LogP contribution in [0.3, 0.4) is 0 Å². The van der Waals surface area contributed by atoms with E-state index in [0.717, 1.165) is 0 Å². The average Bonchev–Trinajstić information content (AvgIpc) is 1.64. The largest absolute Gasteiger partial charge is 0.105 e. The molecule has 1 atom stereocenters. The molecule has 0 aliphatic carbocycles. The Hall–Kier alpha value is 1.77. The summed E-state index contributed by atoms with van der Waals surface area (Å²) in [4.78, 5) is 0. The van der Waals surface area contributed by atoms with Gasteiger partial charge in [-0.1, -0.05) is 23.3 Å². The standard InChI is InChI=1S/C5H10I2S2/c1-3-4-5(2)9(6,7)8/h3-5,9H,1-2H3/b4-3-/t5-/m0/s1. The Morgan fingerprint density at radius 2 is 2.00 bits per heavy atom. The average molecular weight is 388 g/mol. The van der Waals surface area contributed by atoms with Crippen LogP contribution in [0.25, 0.3) is 0 Å². The minimum absolute atomic E-state index is 0.582. The van der Waals surface area contributed by atoms with Crippen molar-refractivity contribution in [3.05, 3.63) is 12.2 Å². The molecule has 0 fully saturated rings. The van der Waals surface area contributed by atoms with Gasteiger partial charge < -0.3 is 0 Å². The first-order valence-electron chi connectivity index (χ1n) is 2.60. The highest BCUT2D eigenvalue weighted by Gasteiger charge is 2.07. The zero-order valence-corrected chi connectivity index (χ0v) is 11.4. The Morgan fingerprint density at radius 3 is 2.11 bits per heavy atom. The van der Waals surface area contributed by atoms with E-state index < -0.39 is 2.93 Å². The topological polar surface area (TPSA) is 0 Å². The van der Waals surface area contributed by atoms with Crippen molar-refractivity contribution in [3.63, 3.8) is 0 Å². The van der Waals surface area contributed by atoms with Gasteiger partial charge in [-0.25, -0.2) is 0 Å². The zero-order valence-electron chi connectivity index (χ0n) is 5.34. The third-order valence-corrected chi connectivity index (χ3v) is 8.34. The number of hydrogen-bond donors (Lipinski definition) is 1. The normalized spacial score (nSPS) is 18.2. The molecule has 0 N–H and O–H groups in total. The lowest BCUT2D eigenvalue weighted by molar-refractivity contribution is 1.25. The number of rotatable bonds is 2. The van der Waals surface area contributed by atoms with Gasteiger partial charge in [0.2, 0.25) is 0 Å². The van der Waals surface area contributed by atoms with E-state index in [1.54, 1.807) is 0 Å². The minimum atomic E-state index is -1.09. The molecule has 4 heteroatoms. The lowest BCUT2D eigenvalue weighted by Gasteiger charge is -2.15. The maximum Gasteiger partial charge on any atom is 0.0225 e. The lowest BCUT2D eigenvalue weighted by Crippen LogP contribution is -2.06. The maximum atomic E-state index is 5.31. The fraction of sp³-hybridized carbons (Fsp3) is 0.600. The van der Waals surface area contributed by atoms with E-state index in [4.69, 9.17) is 11.2 Å². The Balaban J connectivity index is 4.05. The van der Waals surface area contributed by atoms with Gasteiger partial charge in [-0.15, -0.1) is 2.93 Å². The zero-order chi connectivity index (χ0) is 7.49. The van der Waals surface area contributed by atoms with E-state index in [9.17, 15) is 0 Å². The van der Waals surface area contributed by atoms with Crippen LogP contribution in [0.1, 0.15) is 13.8 Å². The van der Waals surface area contributed by atoms with E-state index in [1.807, 2.05) is 6.92 Å². The van der Waals surface area contributed by atoms with Gasteiger partial charge in [-0.2, -0.15) is 0 Å². The summed E-state index contributed by atoms with van der Waals surface area (Å²) in [5, 5.41) is 0.582. The molecule has 0 heterocycles. The van der Waals surface area contributed by atoms with Crippen molar-refractivity contribution in [2.75, 3.05) is 0 Å². The molecule has 0 unspecified atom stereocenters. The summed E-state index contributed by atoms with van der Waals surface area (Å²) in [5.41, 5.74) is 0. The van der Waals surface area contributed by atoms with Crippen LogP contribution in [0.4, 0.5) is 0 Å². The molecule has 0 aromatic rings. The smallest absolute Gasteiger partial charge is 0.0225 e. The molecule has 0 radical (unpaired) electrons. The van der Waals surface area contributed by atoms with Gasteiger partial charge in [0.05, 0.1) is 0 Å². The number of thiol groups is 1. The van der Waals surface area contributed by atoms with Crippen molar-refractivity contribution in [1.29, 1.82) is 0 Å². The van der Waals surface area contributed by atoms with Gasteiger partial charge in [-0.3, -0.25) is 0 Å². The van der Waals surface area contributed by atoms with Gasteiger partial charge in [0.15, 0.2) is 0 Å². The lowest BCUT2D eigenvalue weighted by atomic mass is 10.4. The molecule has 9 heavy (non-hydrogen) atoms. The van der Waals surface area contributed by atoms with Gasteiger partial charge in [0, 0.05) is 5.25 Å². The number of halogens is 2. The van der Waals surface area contributed by atoms with Crippen LogP contribution < -0.4 is 0 Å². The summed E-state index contributed by atoms with van der Waals surface area (Å²) < 4.78 is -1.09. The summed E-state index contributed by atoms with van der Waals surface area (Å²) in [7, 11) is 0. The summed E-state index contributed by atoms with van der Waals surface area (Å²) in [5.74, 6) is 0. The number of allylic oxidation sites excluding steroid dienone is 1. The van der Waals surface area contributed by atoms with Crippen LogP contribution in [0, 0.1) is 0 Å². The van der Waals surface area contributed by atoms with Crippen molar-refractivity contribution in [2.45, 2.75) is 19.1 Å². The monoisotopic (exact) mass is 388 g/mol. The Morgan fingerprint density at radius 1 is 1.56 bits per heavy atom. The fourth-order valence-electron chi connectivity index (χ4n) is 0.379. The Bertz CT molecular complexity index is 147. The summed E-state index contributed by atoms with van der Waals surface area (Å²) >= 11 is 10.1. The van der Waals surface area contributed by atoms with Gasteiger partial charge in [0.25, 0.3) is 0 Å². The number of hydrogen-bond acceptors (Lipinski definition) is 1. The predicted molar refractivity (Wildman–Crippen MR) is 68.4 cm³/mol.